The zero-order chi connectivity index (χ0) is 22.8. The van der Waals surface area contributed by atoms with E-state index in [1.807, 2.05) is 18.2 Å². The number of hydrogen-bond acceptors (Lipinski definition) is 2. The van der Waals surface area contributed by atoms with Gasteiger partial charge in [0.2, 0.25) is 5.91 Å². The third kappa shape index (κ3) is 4.69. The Morgan fingerprint density at radius 3 is 2.33 bits per heavy atom. The second kappa shape index (κ2) is 9.06. The van der Waals surface area contributed by atoms with E-state index in [1.165, 1.54) is 28.8 Å². The van der Waals surface area contributed by atoms with Crippen LogP contribution in [0.4, 0.5) is 8.78 Å². The maximum atomic E-state index is 14.1. The molecule has 3 aromatic rings. The number of carbonyl (C=O) groups excluding carboxylic acids is 1. The number of nitrogens with zero attached hydrogens (tertiary/aromatic N) is 1. The maximum absolute atomic E-state index is 14.1. The molecule has 2 fully saturated rings. The molecule has 2 saturated heterocycles. The predicted octanol–water partition coefficient (Wildman–Crippen LogP) is 5.66. The molecule has 0 aliphatic carbocycles. The van der Waals surface area contributed by atoms with Crippen LogP contribution in [0, 0.1) is 11.6 Å². The summed E-state index contributed by atoms with van der Waals surface area (Å²) in [6, 6.07) is 22.5. The van der Waals surface area contributed by atoms with Gasteiger partial charge in [0.15, 0.2) is 0 Å². The van der Waals surface area contributed by atoms with Crippen molar-refractivity contribution < 1.29 is 13.6 Å². The van der Waals surface area contributed by atoms with Gasteiger partial charge < -0.3 is 5.32 Å². The van der Waals surface area contributed by atoms with Gasteiger partial charge in [0, 0.05) is 38.0 Å². The summed E-state index contributed by atoms with van der Waals surface area (Å²) in [7, 11) is 0. The molecular weight excluding hydrogens is 418 g/mol. The third-order valence-corrected chi connectivity index (χ3v) is 7.03. The Labute approximate surface area is 193 Å². The lowest BCUT2D eigenvalue weighted by Gasteiger charge is -2.35. The van der Waals surface area contributed by atoms with E-state index >= 15 is 0 Å². The Morgan fingerprint density at radius 1 is 0.909 bits per heavy atom. The maximum Gasteiger partial charge on any atom is 0.220 e. The SMILES string of the molecule is O=C1CCCC[C@]2(CN(Cc3ccc(-c4ccccc4)cc3)C[C@H]2c2cc(F)cc(F)c2)N1. The Morgan fingerprint density at radius 2 is 1.61 bits per heavy atom. The van der Waals surface area contributed by atoms with E-state index < -0.39 is 17.2 Å². The second-order valence-electron chi connectivity index (χ2n) is 9.40. The zero-order valence-electron chi connectivity index (χ0n) is 18.6. The third-order valence-electron chi connectivity index (χ3n) is 7.03. The molecule has 33 heavy (non-hydrogen) atoms. The van der Waals surface area contributed by atoms with Crippen LogP contribution in [0.1, 0.15) is 42.7 Å². The lowest BCUT2D eigenvalue weighted by atomic mass is 9.79. The summed E-state index contributed by atoms with van der Waals surface area (Å²) < 4.78 is 28.1. The molecule has 0 saturated carbocycles. The molecule has 170 valence electrons. The zero-order valence-corrected chi connectivity index (χ0v) is 18.6. The first-order valence-corrected chi connectivity index (χ1v) is 11.6. The molecule has 0 bridgehead atoms. The molecule has 0 radical (unpaired) electrons. The molecule has 2 aliphatic rings. The molecule has 3 nitrogen and oxygen atoms in total. The Balaban J connectivity index is 1.40. The molecular formula is C28H28F2N2O. The molecule has 1 N–H and O–H groups in total. The van der Waals surface area contributed by atoms with Crippen molar-refractivity contribution in [2.45, 2.75) is 43.7 Å². The number of hydrogen-bond donors (Lipinski definition) is 1. The highest BCUT2D eigenvalue weighted by atomic mass is 19.1. The summed E-state index contributed by atoms with van der Waals surface area (Å²) in [5, 5.41) is 3.26. The van der Waals surface area contributed by atoms with Gasteiger partial charge in [-0.15, -0.1) is 0 Å². The van der Waals surface area contributed by atoms with Crippen molar-refractivity contribution >= 4 is 5.91 Å². The molecule has 0 aromatic heterocycles. The first-order valence-electron chi connectivity index (χ1n) is 11.6. The Hall–Kier alpha value is -3.05. The van der Waals surface area contributed by atoms with Crippen LogP contribution < -0.4 is 5.32 Å². The highest BCUT2D eigenvalue weighted by molar-refractivity contribution is 5.77. The minimum Gasteiger partial charge on any atom is -0.349 e. The van der Waals surface area contributed by atoms with Crippen molar-refractivity contribution in [2.75, 3.05) is 13.1 Å². The van der Waals surface area contributed by atoms with Crippen LogP contribution in [0.15, 0.2) is 72.8 Å². The van der Waals surface area contributed by atoms with Crippen molar-refractivity contribution in [3.05, 3.63) is 95.6 Å². The first-order chi connectivity index (χ1) is 16.0. The van der Waals surface area contributed by atoms with Gasteiger partial charge in [0.1, 0.15) is 11.6 Å². The highest BCUT2D eigenvalue weighted by Gasteiger charge is 2.48. The summed E-state index contributed by atoms with van der Waals surface area (Å²) in [5.74, 6) is -1.28. The average Bonchev–Trinajstić information content (AvgIpc) is 3.03. The van der Waals surface area contributed by atoms with Crippen LogP contribution in [0.3, 0.4) is 0 Å². The smallest absolute Gasteiger partial charge is 0.220 e. The van der Waals surface area contributed by atoms with Crippen LogP contribution in [0.2, 0.25) is 0 Å². The molecule has 1 spiro atoms. The predicted molar refractivity (Wildman–Crippen MR) is 126 cm³/mol. The summed E-state index contributed by atoms with van der Waals surface area (Å²) >= 11 is 0. The highest BCUT2D eigenvalue weighted by Crippen LogP contribution is 2.42. The Kier molecular flexibility index (Phi) is 5.98. The number of likely N-dealkylation sites (tertiary alicyclic amines) is 1. The fourth-order valence-electron chi connectivity index (χ4n) is 5.53. The number of carbonyl (C=O) groups is 1. The average molecular weight is 447 g/mol. The van der Waals surface area contributed by atoms with E-state index in [-0.39, 0.29) is 11.8 Å². The molecule has 2 atom stereocenters. The van der Waals surface area contributed by atoms with E-state index in [1.54, 1.807) is 0 Å². The molecule has 5 heteroatoms. The van der Waals surface area contributed by atoms with Crippen molar-refractivity contribution in [3.8, 4) is 11.1 Å². The number of rotatable bonds is 4. The molecule has 3 aromatic carbocycles. The largest absolute Gasteiger partial charge is 0.349 e. The monoisotopic (exact) mass is 446 g/mol. The minimum atomic E-state index is -0.574. The van der Waals surface area contributed by atoms with Crippen molar-refractivity contribution in [1.29, 1.82) is 0 Å². The van der Waals surface area contributed by atoms with Gasteiger partial charge in [-0.1, -0.05) is 61.0 Å². The van der Waals surface area contributed by atoms with Crippen LogP contribution in [-0.4, -0.2) is 29.4 Å². The summed E-state index contributed by atoms with van der Waals surface area (Å²) in [6.45, 7) is 2.03. The summed E-state index contributed by atoms with van der Waals surface area (Å²) in [4.78, 5) is 14.8. The van der Waals surface area contributed by atoms with Gasteiger partial charge >= 0.3 is 0 Å². The van der Waals surface area contributed by atoms with E-state index in [0.717, 1.165) is 31.9 Å². The standard InChI is InChI=1S/C28H28F2N2O/c29-24-14-23(15-25(30)16-24)26-18-32(19-28(26)13-5-4-8-27(33)31-28)17-20-9-11-22(12-10-20)21-6-2-1-3-7-21/h1-3,6-7,9-12,14-16,26H,4-5,8,13,17-19H2,(H,31,33)/t26-,28+/m0/s1. The molecule has 1 amide bonds. The van der Waals surface area contributed by atoms with Crippen LogP contribution in [0.5, 0.6) is 0 Å². The van der Waals surface area contributed by atoms with Crippen LogP contribution in [0.25, 0.3) is 11.1 Å². The molecule has 0 unspecified atom stereocenters. The van der Waals surface area contributed by atoms with Crippen molar-refractivity contribution in [2.24, 2.45) is 0 Å². The van der Waals surface area contributed by atoms with Gasteiger partial charge in [-0.05, 0) is 47.2 Å². The van der Waals surface area contributed by atoms with Crippen molar-refractivity contribution in [1.82, 2.24) is 10.2 Å². The van der Waals surface area contributed by atoms with E-state index in [9.17, 15) is 13.6 Å². The normalized spacial score (nSPS) is 23.5. The van der Waals surface area contributed by atoms with E-state index in [2.05, 4.69) is 46.6 Å². The lowest BCUT2D eigenvalue weighted by Crippen LogP contribution is -2.52. The quantitative estimate of drug-likeness (QED) is 0.561. The number of halogens is 2. The van der Waals surface area contributed by atoms with Gasteiger partial charge in [-0.2, -0.15) is 0 Å². The minimum absolute atomic E-state index is 0.0310. The molecule has 5 rings (SSSR count). The van der Waals surface area contributed by atoms with Crippen LogP contribution in [-0.2, 0) is 11.3 Å². The topological polar surface area (TPSA) is 32.3 Å². The van der Waals surface area contributed by atoms with E-state index in [0.29, 0.717) is 25.1 Å². The van der Waals surface area contributed by atoms with Gasteiger partial charge in [-0.3, -0.25) is 9.69 Å². The number of benzene rings is 3. The second-order valence-corrected chi connectivity index (χ2v) is 9.40. The fourth-order valence-corrected chi connectivity index (χ4v) is 5.53. The van der Waals surface area contributed by atoms with Crippen LogP contribution >= 0.6 is 0 Å². The molecule has 2 aliphatic heterocycles. The Bertz CT molecular complexity index is 1110. The van der Waals surface area contributed by atoms with Gasteiger partial charge in [0.25, 0.3) is 0 Å². The number of nitrogens with one attached hydrogen (secondary N) is 1. The molecule has 2 heterocycles. The summed E-state index contributed by atoms with van der Waals surface area (Å²) in [6.07, 6.45) is 3.09. The fraction of sp³-hybridized carbons (Fsp3) is 0.321. The van der Waals surface area contributed by atoms with Gasteiger partial charge in [-0.25, -0.2) is 8.78 Å². The summed E-state index contributed by atoms with van der Waals surface area (Å²) in [5.41, 5.74) is 3.64. The van der Waals surface area contributed by atoms with Crippen molar-refractivity contribution in [3.63, 3.8) is 0 Å². The first kappa shape index (κ1) is 21.8. The number of amides is 1. The lowest BCUT2D eigenvalue weighted by molar-refractivity contribution is -0.122. The van der Waals surface area contributed by atoms with E-state index in [4.69, 9.17) is 0 Å². The van der Waals surface area contributed by atoms with Gasteiger partial charge in [0.05, 0.1) is 5.54 Å².